The van der Waals surface area contributed by atoms with Crippen LogP contribution in [0.15, 0.2) is 170 Å². The van der Waals surface area contributed by atoms with E-state index in [-0.39, 0.29) is 0 Å². The first-order valence-corrected chi connectivity index (χ1v) is 18.0. The molecule has 4 heterocycles. The molecule has 0 aliphatic carbocycles. The van der Waals surface area contributed by atoms with Gasteiger partial charge >= 0.3 is 0 Å². The van der Waals surface area contributed by atoms with Crippen LogP contribution in [0.3, 0.4) is 0 Å². The van der Waals surface area contributed by atoms with Crippen molar-refractivity contribution in [3.8, 4) is 34.0 Å². The molecule has 0 atom stereocenters. The van der Waals surface area contributed by atoms with Crippen molar-refractivity contribution in [2.45, 2.75) is 0 Å². The van der Waals surface area contributed by atoms with E-state index < -0.39 is 0 Å². The number of nitrogens with zero attached hydrogens (tertiary/aromatic N) is 4. The molecule has 238 valence electrons. The minimum atomic E-state index is 0.740. The van der Waals surface area contributed by atoms with Gasteiger partial charge in [-0.2, -0.15) is 0 Å². The molecule has 4 aromatic heterocycles. The van der Waals surface area contributed by atoms with Gasteiger partial charge in [-0.1, -0.05) is 127 Å². The highest BCUT2D eigenvalue weighted by Gasteiger charge is 2.22. The third-order valence-corrected chi connectivity index (χ3v) is 11.3. The van der Waals surface area contributed by atoms with Gasteiger partial charge < -0.3 is 9.13 Å². The maximum Gasteiger partial charge on any atom is 0.160 e. The van der Waals surface area contributed by atoms with Gasteiger partial charge in [0.25, 0.3) is 0 Å². The second-order valence-electron chi connectivity index (χ2n) is 13.0. The van der Waals surface area contributed by atoms with Gasteiger partial charge in [-0.25, -0.2) is 9.97 Å². The van der Waals surface area contributed by atoms with Crippen LogP contribution < -0.4 is 0 Å². The smallest absolute Gasteiger partial charge is 0.160 e. The summed E-state index contributed by atoms with van der Waals surface area (Å²) in [4.78, 5) is 10.3. The maximum absolute atomic E-state index is 5.23. The van der Waals surface area contributed by atoms with Crippen LogP contribution in [-0.4, -0.2) is 19.1 Å². The average Bonchev–Trinajstić information content (AvgIpc) is 3.86. The highest BCUT2D eigenvalue weighted by molar-refractivity contribution is 7.26. The summed E-state index contributed by atoms with van der Waals surface area (Å²) in [5, 5.41) is 6.12. The molecule has 0 spiro atoms. The lowest BCUT2D eigenvalue weighted by atomic mass is 10.1. The van der Waals surface area contributed by atoms with E-state index in [9.17, 15) is 0 Å². The second-order valence-corrected chi connectivity index (χ2v) is 14.0. The largest absolute Gasteiger partial charge is 0.307 e. The molecule has 0 saturated carbocycles. The molecule has 0 bridgehead atoms. The molecule has 0 unspecified atom stereocenters. The van der Waals surface area contributed by atoms with E-state index in [4.69, 9.17) is 9.97 Å². The predicted octanol–water partition coefficient (Wildman–Crippen LogP) is 12.4. The van der Waals surface area contributed by atoms with E-state index in [1.54, 1.807) is 11.3 Å². The van der Waals surface area contributed by atoms with Crippen molar-refractivity contribution in [2.24, 2.45) is 0 Å². The first-order chi connectivity index (χ1) is 25.3. The summed E-state index contributed by atoms with van der Waals surface area (Å²) >= 11 is 1.76. The van der Waals surface area contributed by atoms with Crippen LogP contribution in [0.2, 0.25) is 0 Å². The van der Waals surface area contributed by atoms with Gasteiger partial charge in [0.1, 0.15) is 0 Å². The minimum absolute atomic E-state index is 0.740. The Labute approximate surface area is 297 Å². The average molecular weight is 669 g/mol. The molecule has 11 rings (SSSR count). The maximum atomic E-state index is 5.23. The van der Waals surface area contributed by atoms with Gasteiger partial charge in [-0.3, -0.25) is 0 Å². The van der Waals surface area contributed by atoms with E-state index in [1.807, 2.05) is 18.2 Å². The molecule has 0 fully saturated rings. The van der Waals surface area contributed by atoms with Crippen LogP contribution in [0.5, 0.6) is 0 Å². The molecule has 0 radical (unpaired) electrons. The Morgan fingerprint density at radius 1 is 0.392 bits per heavy atom. The molecule has 0 N–H and O–H groups in total. The van der Waals surface area contributed by atoms with Crippen molar-refractivity contribution >= 4 is 75.3 Å². The van der Waals surface area contributed by atoms with Crippen LogP contribution in [-0.2, 0) is 0 Å². The van der Waals surface area contributed by atoms with Crippen molar-refractivity contribution in [2.75, 3.05) is 0 Å². The number of benzene rings is 7. The number of hydrogen-bond donors (Lipinski definition) is 0. The molecule has 11 aromatic rings. The lowest BCUT2D eigenvalue weighted by molar-refractivity contribution is 1.15. The fourth-order valence-corrected chi connectivity index (χ4v) is 9.04. The van der Waals surface area contributed by atoms with E-state index in [2.05, 4.69) is 161 Å². The van der Waals surface area contributed by atoms with Crippen LogP contribution in [0.25, 0.3) is 97.9 Å². The van der Waals surface area contributed by atoms with Crippen molar-refractivity contribution in [1.29, 1.82) is 0 Å². The van der Waals surface area contributed by atoms with Crippen LogP contribution >= 0.6 is 11.3 Å². The van der Waals surface area contributed by atoms with Gasteiger partial charge in [-0.05, 0) is 42.5 Å². The summed E-state index contributed by atoms with van der Waals surface area (Å²) in [6, 6.07) is 60.6. The zero-order valence-electron chi connectivity index (χ0n) is 27.4. The third kappa shape index (κ3) is 4.19. The Morgan fingerprint density at radius 3 is 1.57 bits per heavy atom. The van der Waals surface area contributed by atoms with Crippen LogP contribution in [0, 0.1) is 0 Å². The van der Waals surface area contributed by atoms with Crippen LogP contribution in [0.1, 0.15) is 0 Å². The second kappa shape index (κ2) is 11.0. The van der Waals surface area contributed by atoms with E-state index >= 15 is 0 Å². The topological polar surface area (TPSA) is 35.6 Å². The quantitative estimate of drug-likeness (QED) is 0.187. The molecule has 0 aliphatic heterocycles. The molecule has 7 aromatic carbocycles. The number of thiophene rings is 1. The predicted molar refractivity (Wildman–Crippen MR) is 214 cm³/mol. The molecule has 0 saturated heterocycles. The van der Waals surface area contributed by atoms with Crippen molar-refractivity contribution < 1.29 is 0 Å². The van der Waals surface area contributed by atoms with Crippen molar-refractivity contribution in [3.63, 3.8) is 0 Å². The summed E-state index contributed by atoms with van der Waals surface area (Å²) in [6.07, 6.45) is 0. The minimum Gasteiger partial charge on any atom is -0.307 e. The Balaban J connectivity index is 1.18. The number of aromatic nitrogens is 4. The van der Waals surface area contributed by atoms with E-state index in [0.29, 0.717) is 0 Å². The van der Waals surface area contributed by atoms with Gasteiger partial charge in [-0.15, -0.1) is 11.3 Å². The van der Waals surface area contributed by atoms with Crippen LogP contribution in [0.4, 0.5) is 0 Å². The Kier molecular flexibility index (Phi) is 6.09. The molecule has 0 amide bonds. The first-order valence-electron chi connectivity index (χ1n) is 17.2. The lowest BCUT2D eigenvalue weighted by Gasteiger charge is -2.13. The molecule has 51 heavy (non-hydrogen) atoms. The highest BCUT2D eigenvalue weighted by atomic mass is 32.1. The molecule has 4 nitrogen and oxygen atoms in total. The molecule has 0 aliphatic rings. The highest BCUT2D eigenvalue weighted by Crippen LogP contribution is 2.43. The number of para-hydroxylation sites is 3. The summed E-state index contributed by atoms with van der Waals surface area (Å²) in [6.45, 7) is 0. The number of rotatable bonds is 4. The SMILES string of the molecule is c1ccc(-c2nc(-c3ccc(-n4c5ccccc5c5ccc6c7ccccc7n(-c7ccccc7)c6c54)cc3)c3sc4ccccc4c3n2)cc1. The van der Waals surface area contributed by atoms with E-state index in [1.165, 1.54) is 48.3 Å². The summed E-state index contributed by atoms with van der Waals surface area (Å²) in [5.74, 6) is 0.740. The fourth-order valence-electron chi connectivity index (χ4n) is 7.89. The lowest BCUT2D eigenvalue weighted by Crippen LogP contribution is -1.99. The zero-order chi connectivity index (χ0) is 33.5. The number of hydrogen-bond acceptors (Lipinski definition) is 3. The Bertz CT molecular complexity index is 3120. The van der Waals surface area contributed by atoms with Crippen molar-refractivity contribution in [1.82, 2.24) is 19.1 Å². The van der Waals surface area contributed by atoms with Gasteiger partial charge in [0, 0.05) is 54.1 Å². The first kappa shape index (κ1) is 28.3. The summed E-state index contributed by atoms with van der Waals surface area (Å²) in [7, 11) is 0. The normalized spacial score (nSPS) is 11.9. The standard InChI is InChI=1S/C46H28N4S/c1-3-13-30(14-4-1)46-47-41(45-42(48-46)37-19-9-12-22-40(37)51-45)29-23-25-32(26-24-29)50-39-21-11-8-18-34(39)36-28-27-35-33-17-7-10-20-38(33)49(43(35)44(36)50)31-15-5-2-6-16-31/h1-28H. The van der Waals surface area contributed by atoms with Gasteiger partial charge in [0.05, 0.1) is 38.0 Å². The van der Waals surface area contributed by atoms with Gasteiger partial charge in [0.2, 0.25) is 0 Å². The van der Waals surface area contributed by atoms with E-state index in [0.717, 1.165) is 49.6 Å². The molecular formula is C46H28N4S. The number of fused-ring (bicyclic) bond motifs is 10. The summed E-state index contributed by atoms with van der Waals surface area (Å²) in [5.41, 5.74) is 11.1. The third-order valence-electron chi connectivity index (χ3n) is 10.1. The molecular weight excluding hydrogens is 641 g/mol. The van der Waals surface area contributed by atoms with Crippen molar-refractivity contribution in [3.05, 3.63) is 170 Å². The Hall–Kier alpha value is -6.56. The zero-order valence-corrected chi connectivity index (χ0v) is 28.2. The Morgan fingerprint density at radius 2 is 0.922 bits per heavy atom. The fraction of sp³-hybridized carbons (Fsp3) is 0. The summed E-state index contributed by atoms with van der Waals surface area (Å²) < 4.78 is 7.20. The molecule has 5 heteroatoms. The van der Waals surface area contributed by atoms with Gasteiger partial charge in [0.15, 0.2) is 5.82 Å². The monoisotopic (exact) mass is 668 g/mol.